The number of amides is 1. The summed E-state index contributed by atoms with van der Waals surface area (Å²) in [5.41, 5.74) is 1.52. The second-order valence-electron chi connectivity index (χ2n) is 3.36. The lowest BCUT2D eigenvalue weighted by Gasteiger charge is -2.10. The smallest absolute Gasteiger partial charge is 0.253 e. The molecule has 1 heterocycles. The normalized spacial score (nSPS) is 15.7. The van der Waals surface area contributed by atoms with Gasteiger partial charge in [-0.3, -0.25) is 4.79 Å². The van der Waals surface area contributed by atoms with Crippen LogP contribution in [0.3, 0.4) is 0 Å². The van der Waals surface area contributed by atoms with E-state index in [4.69, 9.17) is 5.11 Å². The maximum absolute atomic E-state index is 11.6. The highest BCUT2D eigenvalue weighted by Gasteiger charge is 2.24. The average Bonchev–Trinajstić information content (AvgIpc) is 2.61. The van der Waals surface area contributed by atoms with E-state index in [-0.39, 0.29) is 12.5 Å². The molecule has 1 amide bonds. The molecular weight excluding hydrogens is 192 g/mol. The van der Waals surface area contributed by atoms with Crippen molar-refractivity contribution < 1.29 is 9.90 Å². The summed E-state index contributed by atoms with van der Waals surface area (Å²) in [6.45, 7) is 0.0365. The van der Waals surface area contributed by atoms with E-state index in [0.717, 1.165) is 11.4 Å². The molecule has 4 nitrogen and oxygen atoms in total. The zero-order valence-corrected chi connectivity index (χ0v) is 8.26. The Morgan fingerprint density at radius 1 is 1.33 bits per heavy atom. The first-order chi connectivity index (χ1) is 7.31. The van der Waals surface area contributed by atoms with Gasteiger partial charge in [-0.25, -0.2) is 5.01 Å². The number of benzene rings is 1. The summed E-state index contributed by atoms with van der Waals surface area (Å²) in [7, 11) is 0. The van der Waals surface area contributed by atoms with E-state index in [1.165, 1.54) is 5.01 Å². The minimum Gasteiger partial charge on any atom is -0.396 e. The number of carbonyl (C=O) groups is 1. The lowest BCUT2D eigenvalue weighted by molar-refractivity contribution is -0.116. The van der Waals surface area contributed by atoms with Gasteiger partial charge in [0.1, 0.15) is 0 Å². The van der Waals surface area contributed by atoms with Crippen LogP contribution in [0, 0.1) is 0 Å². The molecule has 15 heavy (non-hydrogen) atoms. The van der Waals surface area contributed by atoms with Gasteiger partial charge in [-0.05, 0) is 12.1 Å². The van der Waals surface area contributed by atoms with Crippen LogP contribution >= 0.6 is 0 Å². The molecule has 1 aromatic rings. The van der Waals surface area contributed by atoms with E-state index in [9.17, 15) is 4.79 Å². The van der Waals surface area contributed by atoms with Crippen LogP contribution in [-0.4, -0.2) is 23.3 Å². The minimum atomic E-state index is -0.0374. The molecule has 1 aromatic carbocycles. The number of hydrazone groups is 1. The molecule has 0 spiro atoms. The zero-order valence-electron chi connectivity index (χ0n) is 8.26. The topological polar surface area (TPSA) is 52.9 Å². The Kier molecular flexibility index (Phi) is 2.78. The van der Waals surface area contributed by atoms with Crippen LogP contribution in [0.25, 0.3) is 0 Å². The molecule has 2 rings (SSSR count). The van der Waals surface area contributed by atoms with E-state index in [2.05, 4.69) is 5.10 Å². The van der Waals surface area contributed by atoms with Gasteiger partial charge in [0.2, 0.25) is 0 Å². The molecule has 0 aliphatic carbocycles. The van der Waals surface area contributed by atoms with Gasteiger partial charge in [0.05, 0.1) is 17.8 Å². The number of para-hydroxylation sites is 1. The van der Waals surface area contributed by atoms with Crippen LogP contribution in [0.15, 0.2) is 35.4 Å². The standard InChI is InChI=1S/C11H12N2O2/c14-7-6-9-8-11(15)13(12-9)10-4-2-1-3-5-10/h1-5,14H,6-8H2. The third-order valence-corrected chi connectivity index (χ3v) is 2.23. The number of aliphatic hydroxyl groups excluding tert-OH is 1. The van der Waals surface area contributed by atoms with Gasteiger partial charge in [0, 0.05) is 13.0 Å². The minimum absolute atomic E-state index is 0.0365. The molecule has 0 bridgehead atoms. The summed E-state index contributed by atoms with van der Waals surface area (Å²) < 4.78 is 0. The van der Waals surface area contributed by atoms with Gasteiger partial charge in [-0.15, -0.1) is 0 Å². The molecule has 1 N–H and O–H groups in total. The highest BCUT2D eigenvalue weighted by molar-refractivity contribution is 6.12. The fourth-order valence-electron chi connectivity index (χ4n) is 1.52. The van der Waals surface area contributed by atoms with Crippen molar-refractivity contribution in [3.05, 3.63) is 30.3 Å². The maximum Gasteiger partial charge on any atom is 0.253 e. The van der Waals surface area contributed by atoms with Crippen LogP contribution in [-0.2, 0) is 4.79 Å². The lowest BCUT2D eigenvalue weighted by Crippen LogP contribution is -2.19. The highest BCUT2D eigenvalue weighted by atomic mass is 16.3. The average molecular weight is 204 g/mol. The highest BCUT2D eigenvalue weighted by Crippen LogP contribution is 2.20. The second-order valence-corrected chi connectivity index (χ2v) is 3.36. The quantitative estimate of drug-likeness (QED) is 0.803. The van der Waals surface area contributed by atoms with Gasteiger partial charge in [0.15, 0.2) is 0 Å². The fourth-order valence-corrected chi connectivity index (χ4v) is 1.52. The molecule has 0 unspecified atom stereocenters. The molecule has 78 valence electrons. The Morgan fingerprint density at radius 2 is 2.07 bits per heavy atom. The number of carbonyl (C=O) groups excluding carboxylic acids is 1. The summed E-state index contributed by atoms with van der Waals surface area (Å²) in [5, 5.41) is 14.3. The Bertz CT molecular complexity index is 387. The third-order valence-electron chi connectivity index (χ3n) is 2.23. The number of rotatable bonds is 3. The predicted octanol–water partition coefficient (Wildman–Crippen LogP) is 1.16. The van der Waals surface area contributed by atoms with Crippen molar-refractivity contribution in [1.82, 2.24) is 0 Å². The first-order valence-electron chi connectivity index (χ1n) is 4.86. The molecule has 0 radical (unpaired) electrons. The first-order valence-corrected chi connectivity index (χ1v) is 4.86. The maximum atomic E-state index is 11.6. The van der Waals surface area contributed by atoms with E-state index in [1.807, 2.05) is 30.3 Å². The zero-order chi connectivity index (χ0) is 10.7. The van der Waals surface area contributed by atoms with Crippen LogP contribution in [0.1, 0.15) is 12.8 Å². The summed E-state index contributed by atoms with van der Waals surface area (Å²) in [6.07, 6.45) is 0.782. The van der Waals surface area contributed by atoms with E-state index in [1.54, 1.807) is 0 Å². The van der Waals surface area contributed by atoms with E-state index >= 15 is 0 Å². The number of nitrogens with zero attached hydrogens (tertiary/aromatic N) is 2. The molecule has 1 aliphatic heterocycles. The fraction of sp³-hybridized carbons (Fsp3) is 0.273. The SMILES string of the molecule is O=C1CC(CCO)=NN1c1ccccc1. The number of hydrogen-bond donors (Lipinski definition) is 1. The lowest BCUT2D eigenvalue weighted by atomic mass is 10.2. The molecule has 0 atom stereocenters. The van der Waals surface area contributed by atoms with Crippen molar-refractivity contribution in [2.75, 3.05) is 11.6 Å². The molecule has 0 saturated heterocycles. The largest absolute Gasteiger partial charge is 0.396 e. The number of hydrogen-bond acceptors (Lipinski definition) is 3. The summed E-state index contributed by atoms with van der Waals surface area (Å²) in [4.78, 5) is 11.6. The second kappa shape index (κ2) is 4.23. The van der Waals surface area contributed by atoms with Crippen molar-refractivity contribution in [3.8, 4) is 0 Å². The van der Waals surface area contributed by atoms with Crippen molar-refractivity contribution in [2.45, 2.75) is 12.8 Å². The summed E-state index contributed by atoms with van der Waals surface area (Å²) >= 11 is 0. The summed E-state index contributed by atoms with van der Waals surface area (Å²) in [5.74, 6) is -0.0374. The van der Waals surface area contributed by atoms with Crippen LogP contribution in [0.4, 0.5) is 5.69 Å². The van der Waals surface area contributed by atoms with Crippen molar-refractivity contribution in [1.29, 1.82) is 0 Å². The van der Waals surface area contributed by atoms with Crippen LogP contribution < -0.4 is 5.01 Å². The molecule has 0 aromatic heterocycles. The molecule has 0 saturated carbocycles. The van der Waals surface area contributed by atoms with Gasteiger partial charge >= 0.3 is 0 Å². The van der Waals surface area contributed by atoms with E-state index in [0.29, 0.717) is 12.8 Å². The van der Waals surface area contributed by atoms with Crippen molar-refractivity contribution >= 4 is 17.3 Å². The monoisotopic (exact) mass is 204 g/mol. The molecule has 0 fully saturated rings. The van der Waals surface area contributed by atoms with Gasteiger partial charge < -0.3 is 5.11 Å². The third kappa shape index (κ3) is 2.05. The van der Waals surface area contributed by atoms with Crippen LogP contribution in [0.5, 0.6) is 0 Å². The molecule has 4 heteroatoms. The van der Waals surface area contributed by atoms with E-state index < -0.39 is 0 Å². The Hall–Kier alpha value is -1.68. The Labute approximate surface area is 87.8 Å². The van der Waals surface area contributed by atoms with Gasteiger partial charge in [-0.2, -0.15) is 5.10 Å². The predicted molar refractivity (Wildman–Crippen MR) is 57.7 cm³/mol. The Balaban J connectivity index is 2.20. The number of aliphatic hydroxyl groups is 1. The van der Waals surface area contributed by atoms with Gasteiger partial charge in [0.25, 0.3) is 5.91 Å². The molecule has 1 aliphatic rings. The van der Waals surface area contributed by atoms with Crippen LogP contribution in [0.2, 0.25) is 0 Å². The van der Waals surface area contributed by atoms with Gasteiger partial charge in [-0.1, -0.05) is 18.2 Å². The Morgan fingerprint density at radius 3 is 2.73 bits per heavy atom. The van der Waals surface area contributed by atoms with Crippen molar-refractivity contribution in [2.24, 2.45) is 5.10 Å². The first kappa shape index (κ1) is 9.86. The summed E-state index contributed by atoms with van der Waals surface area (Å²) in [6, 6.07) is 9.29. The molecular formula is C11H12N2O2. The van der Waals surface area contributed by atoms with Crippen molar-refractivity contribution in [3.63, 3.8) is 0 Å². The number of anilines is 1.